The number of hydrogen-bond acceptors (Lipinski definition) is 4. The molecule has 9 fully saturated rings. The quantitative estimate of drug-likeness (QED) is 0.177. The fraction of sp³-hybridized carbons (Fsp3) is 0.846. The van der Waals surface area contributed by atoms with E-state index in [4.69, 9.17) is 23.2 Å². The molecule has 0 N–H and O–H groups in total. The second-order valence-electron chi connectivity index (χ2n) is 11.5. The largest absolute Gasteiger partial charge is 1.00 e. The third-order valence-electron chi connectivity index (χ3n) is 9.04. The highest BCUT2D eigenvalue weighted by molar-refractivity contribution is 6.23. The van der Waals surface area contributed by atoms with Gasteiger partial charge in [-0.2, -0.15) is 0 Å². The summed E-state index contributed by atoms with van der Waals surface area (Å²) in [5.41, 5.74) is 2.41. The first-order chi connectivity index (χ1) is 16.4. The van der Waals surface area contributed by atoms with Crippen molar-refractivity contribution in [2.45, 2.75) is 0 Å². The number of hydrogen-bond donors (Lipinski definition) is 0. The van der Waals surface area contributed by atoms with Gasteiger partial charge < -0.3 is 33.8 Å². The summed E-state index contributed by atoms with van der Waals surface area (Å²) in [6.07, 6.45) is 0. The van der Waals surface area contributed by atoms with E-state index in [0.29, 0.717) is 11.8 Å². The zero-order chi connectivity index (χ0) is 24.0. The molecule has 210 valence electrons. The van der Waals surface area contributed by atoms with Gasteiger partial charge in [0, 0.05) is 95.9 Å². The SMILES string of the molecule is C1CN2CCN1CC2.C=C(CCl)CCl.C=C(C[N+]12CCN(CC1)CC2)C[N+]12CCN(CC1)CC2.[Cl-].[Cl-]. The van der Waals surface area contributed by atoms with Crippen molar-refractivity contribution in [1.29, 1.82) is 0 Å². The molecule has 0 aromatic heterocycles. The Morgan fingerprint density at radius 3 is 0.917 bits per heavy atom. The molecule has 6 nitrogen and oxygen atoms in total. The fourth-order valence-corrected chi connectivity index (χ4v) is 6.78. The van der Waals surface area contributed by atoms with Crippen LogP contribution in [0.15, 0.2) is 24.3 Å². The highest BCUT2D eigenvalue weighted by Crippen LogP contribution is 2.25. The van der Waals surface area contributed by atoms with Gasteiger partial charge in [0.05, 0.1) is 39.3 Å². The van der Waals surface area contributed by atoms with Gasteiger partial charge in [0.25, 0.3) is 0 Å². The van der Waals surface area contributed by atoms with Crippen molar-refractivity contribution in [3.05, 3.63) is 24.3 Å². The summed E-state index contributed by atoms with van der Waals surface area (Å²) in [6.45, 7) is 34.6. The Kier molecular flexibility index (Phi) is 13.8. The Morgan fingerprint density at radius 2 is 0.722 bits per heavy atom. The van der Waals surface area contributed by atoms with Gasteiger partial charge in [-0.05, 0) is 5.57 Å². The average Bonchev–Trinajstić information content (AvgIpc) is 2.91. The Morgan fingerprint density at radius 1 is 0.472 bits per heavy atom. The van der Waals surface area contributed by atoms with E-state index in [0.717, 1.165) is 5.57 Å². The van der Waals surface area contributed by atoms with Crippen LogP contribution in [0.3, 0.4) is 0 Å². The number of alkyl halides is 2. The Balaban J connectivity index is 0.000000237. The van der Waals surface area contributed by atoms with Crippen molar-refractivity contribution in [1.82, 2.24) is 19.6 Å². The van der Waals surface area contributed by atoms with Gasteiger partial charge in [0.1, 0.15) is 13.1 Å². The van der Waals surface area contributed by atoms with Gasteiger partial charge in [0.2, 0.25) is 0 Å². The van der Waals surface area contributed by atoms with E-state index in [2.05, 4.69) is 32.8 Å². The summed E-state index contributed by atoms with van der Waals surface area (Å²) in [5, 5.41) is 0. The van der Waals surface area contributed by atoms with E-state index in [-0.39, 0.29) is 24.8 Å². The number of piperazine rings is 9. The topological polar surface area (TPSA) is 13.0 Å². The molecule has 0 spiro atoms. The van der Waals surface area contributed by atoms with E-state index in [1.165, 1.54) is 145 Å². The maximum absolute atomic E-state index is 5.27. The highest BCUT2D eigenvalue weighted by atomic mass is 35.5. The Hall–Kier alpha value is 0.400. The Labute approximate surface area is 242 Å². The van der Waals surface area contributed by atoms with Crippen LogP contribution in [-0.4, -0.2) is 171 Å². The van der Waals surface area contributed by atoms with Crippen molar-refractivity contribution < 1.29 is 33.8 Å². The van der Waals surface area contributed by atoms with Gasteiger partial charge in [-0.15, -0.1) is 23.2 Å². The lowest BCUT2D eigenvalue weighted by Gasteiger charge is -2.53. The molecule has 0 saturated carbocycles. The van der Waals surface area contributed by atoms with Crippen LogP contribution in [0, 0.1) is 0 Å². The lowest BCUT2D eigenvalue weighted by Crippen LogP contribution is -3.00. The van der Waals surface area contributed by atoms with Crippen LogP contribution in [0.25, 0.3) is 0 Å². The van der Waals surface area contributed by atoms with Crippen molar-refractivity contribution in [2.24, 2.45) is 0 Å². The molecule has 9 aliphatic rings. The molecular formula is C26H48Cl4N6. The van der Waals surface area contributed by atoms with Gasteiger partial charge in [-0.1, -0.05) is 13.2 Å². The summed E-state index contributed by atoms with van der Waals surface area (Å²) in [4.78, 5) is 10.3. The molecule has 0 aromatic carbocycles. The van der Waals surface area contributed by atoms with Crippen molar-refractivity contribution >= 4 is 23.2 Å². The third-order valence-corrected chi connectivity index (χ3v) is 9.79. The number of nitrogens with zero attached hydrogens (tertiary/aromatic N) is 6. The molecule has 0 atom stereocenters. The second kappa shape index (κ2) is 15.3. The van der Waals surface area contributed by atoms with Gasteiger partial charge >= 0.3 is 0 Å². The van der Waals surface area contributed by atoms with Gasteiger partial charge in [-0.25, -0.2) is 0 Å². The minimum absolute atomic E-state index is 0. The zero-order valence-electron chi connectivity index (χ0n) is 22.2. The van der Waals surface area contributed by atoms with Crippen LogP contribution >= 0.6 is 23.2 Å². The molecule has 0 aromatic rings. The summed E-state index contributed by atoms with van der Waals surface area (Å²) in [6, 6.07) is 0. The molecule has 36 heavy (non-hydrogen) atoms. The highest BCUT2D eigenvalue weighted by Gasteiger charge is 2.42. The van der Waals surface area contributed by atoms with Gasteiger partial charge in [-0.3, -0.25) is 19.6 Å². The van der Waals surface area contributed by atoms with E-state index >= 15 is 0 Å². The van der Waals surface area contributed by atoms with E-state index in [9.17, 15) is 0 Å². The average molecular weight is 587 g/mol. The molecule has 0 aliphatic carbocycles. The van der Waals surface area contributed by atoms with Crippen LogP contribution < -0.4 is 24.8 Å². The lowest BCUT2D eigenvalue weighted by molar-refractivity contribution is -0.950. The third kappa shape index (κ3) is 8.97. The number of halogens is 4. The molecule has 0 radical (unpaired) electrons. The van der Waals surface area contributed by atoms with Crippen molar-refractivity contribution in [3.63, 3.8) is 0 Å². The molecule has 9 heterocycles. The first-order valence-corrected chi connectivity index (χ1v) is 14.5. The number of allylic oxidation sites excluding steroid dienone is 1. The molecular weight excluding hydrogens is 538 g/mol. The lowest BCUT2D eigenvalue weighted by atomic mass is 10.1. The maximum atomic E-state index is 5.27. The van der Waals surface area contributed by atoms with Crippen molar-refractivity contribution in [3.8, 4) is 0 Å². The number of rotatable bonds is 6. The summed E-state index contributed by atoms with van der Waals surface area (Å²) < 4.78 is 2.70. The Bertz CT molecular complexity index is 591. The van der Waals surface area contributed by atoms with E-state index < -0.39 is 0 Å². The predicted octanol–water partition coefficient (Wildman–Crippen LogP) is -4.52. The zero-order valence-corrected chi connectivity index (χ0v) is 25.2. The monoisotopic (exact) mass is 584 g/mol. The van der Waals surface area contributed by atoms with Crippen LogP contribution in [0.2, 0.25) is 0 Å². The van der Waals surface area contributed by atoms with Crippen molar-refractivity contribution in [2.75, 3.05) is 143 Å². The second-order valence-corrected chi connectivity index (χ2v) is 12.0. The summed E-state index contributed by atoms with van der Waals surface area (Å²) >= 11 is 10.5. The first kappa shape index (κ1) is 32.6. The van der Waals surface area contributed by atoms with Crippen LogP contribution in [0.4, 0.5) is 0 Å². The number of fused-ring (bicyclic) bond motifs is 9. The normalized spacial score (nSPS) is 37.3. The number of quaternary nitrogens is 2. The maximum Gasteiger partial charge on any atom is 0.106 e. The standard InChI is InChI=1S/C16H30N4.C6H12N2.C4H6Cl2.2ClH/c1-16(14-19-8-2-17(3-9-19)4-10-19)15-20-11-5-18(6-12-20)7-13-20;1-2-8-5-3-7(1)4-6-8;1-4(2-5)3-6;;/h1-15H2;1-6H2;1-3H2;2*1H/q+2;;;;/p-2. The molecule has 10 heteroatoms. The summed E-state index contributed by atoms with van der Waals surface area (Å²) in [7, 11) is 0. The minimum atomic E-state index is 0. The molecule has 9 saturated heterocycles. The summed E-state index contributed by atoms with van der Waals surface area (Å²) in [5.74, 6) is 0.951. The smallest absolute Gasteiger partial charge is 0.106 e. The first-order valence-electron chi connectivity index (χ1n) is 13.5. The van der Waals surface area contributed by atoms with Crippen LogP contribution in [0.1, 0.15) is 0 Å². The fourth-order valence-electron chi connectivity index (χ4n) is 6.49. The molecule has 6 bridgehead atoms. The molecule has 0 unspecified atom stereocenters. The molecule has 0 amide bonds. The van der Waals surface area contributed by atoms with Gasteiger partial charge in [0.15, 0.2) is 0 Å². The van der Waals surface area contributed by atoms with Crippen LogP contribution in [0.5, 0.6) is 0 Å². The van der Waals surface area contributed by atoms with E-state index in [1.807, 2.05) is 0 Å². The minimum Gasteiger partial charge on any atom is -1.00 e. The predicted molar refractivity (Wildman–Crippen MR) is 145 cm³/mol. The van der Waals surface area contributed by atoms with Crippen LogP contribution in [-0.2, 0) is 0 Å². The van der Waals surface area contributed by atoms with E-state index in [1.54, 1.807) is 0 Å². The molecule has 9 aliphatic heterocycles. The molecule has 9 rings (SSSR count).